The maximum absolute atomic E-state index is 5.57. The number of hydrogen-bond donors (Lipinski definition) is 0. The van der Waals surface area contributed by atoms with Gasteiger partial charge in [0.2, 0.25) is 5.65 Å². The van der Waals surface area contributed by atoms with Crippen LogP contribution in [0.2, 0.25) is 0 Å². The fourth-order valence-corrected chi connectivity index (χ4v) is 2.36. The summed E-state index contributed by atoms with van der Waals surface area (Å²) >= 11 is 0. The number of rotatable bonds is 1. The maximum Gasteiger partial charge on any atom is 0.207 e. The molecule has 0 radical (unpaired) electrons. The summed E-state index contributed by atoms with van der Waals surface area (Å²) in [6.45, 7) is 0.726. The molecule has 0 N–H and O–H groups in total. The lowest BCUT2D eigenvalue weighted by molar-refractivity contribution is 0.260. The van der Waals surface area contributed by atoms with E-state index in [1.54, 1.807) is 0 Å². The van der Waals surface area contributed by atoms with E-state index in [1.807, 2.05) is 24.3 Å². The second-order valence-electron chi connectivity index (χ2n) is 4.67. The highest BCUT2D eigenvalue weighted by Crippen LogP contribution is 2.26. The van der Waals surface area contributed by atoms with Gasteiger partial charge in [-0.05, 0) is 23.3 Å². The fourth-order valence-electron chi connectivity index (χ4n) is 2.36. The number of nitrogens with zero attached hydrogens (tertiary/aromatic N) is 6. The Labute approximate surface area is 114 Å². The van der Waals surface area contributed by atoms with Gasteiger partial charge in [-0.3, -0.25) is 0 Å². The average Bonchev–Trinajstić information content (AvgIpc) is 2.97. The van der Waals surface area contributed by atoms with E-state index < -0.39 is 0 Å². The summed E-state index contributed by atoms with van der Waals surface area (Å²) in [6.07, 6.45) is 3.03. The second-order valence-corrected chi connectivity index (χ2v) is 4.67. The Morgan fingerprint density at radius 3 is 2.90 bits per heavy atom. The van der Waals surface area contributed by atoms with E-state index in [-0.39, 0.29) is 0 Å². The van der Waals surface area contributed by atoms with Crippen molar-refractivity contribution in [3.63, 3.8) is 0 Å². The summed E-state index contributed by atoms with van der Waals surface area (Å²) in [5.41, 5.74) is 0.633. The van der Waals surface area contributed by atoms with Gasteiger partial charge in [-0.2, -0.15) is 4.99 Å². The average molecular weight is 268 g/mol. The first kappa shape index (κ1) is 11.3. The van der Waals surface area contributed by atoms with Gasteiger partial charge in [0.15, 0.2) is 11.7 Å². The zero-order valence-electron chi connectivity index (χ0n) is 10.7. The normalized spacial score (nSPS) is 17.7. The molecule has 7 heteroatoms. The molecule has 3 aromatic rings. The van der Waals surface area contributed by atoms with Crippen molar-refractivity contribution in [2.75, 3.05) is 6.61 Å². The predicted molar refractivity (Wildman–Crippen MR) is 73.0 cm³/mol. The van der Waals surface area contributed by atoms with E-state index in [9.17, 15) is 0 Å². The number of fused-ring (bicyclic) bond motifs is 3. The van der Waals surface area contributed by atoms with Gasteiger partial charge < -0.3 is 4.74 Å². The summed E-state index contributed by atoms with van der Waals surface area (Å²) in [7, 11) is 0. The lowest BCUT2D eigenvalue weighted by Crippen LogP contribution is -2.12. The zero-order valence-corrected chi connectivity index (χ0v) is 10.7. The molecule has 0 bridgehead atoms. The highest BCUT2D eigenvalue weighted by molar-refractivity contribution is 6.00. The van der Waals surface area contributed by atoms with Crippen LogP contribution in [0.4, 0.5) is 5.82 Å². The summed E-state index contributed by atoms with van der Waals surface area (Å²) in [6, 6.07) is 7.84. The van der Waals surface area contributed by atoms with Crippen molar-refractivity contribution in [1.82, 2.24) is 25.3 Å². The topological polar surface area (TPSA) is 77.6 Å². The molecule has 2 aromatic heterocycles. The Hall–Kier alpha value is -2.57. The molecule has 0 saturated carbocycles. The van der Waals surface area contributed by atoms with Crippen LogP contribution in [0.15, 0.2) is 29.3 Å². The first-order valence-corrected chi connectivity index (χ1v) is 6.59. The first-order valence-electron chi connectivity index (χ1n) is 6.59. The molecule has 4 rings (SSSR count). The Morgan fingerprint density at radius 2 is 2.05 bits per heavy atom. The number of ether oxygens (including phenoxy) is 1. The monoisotopic (exact) mass is 268 g/mol. The molecule has 1 aliphatic heterocycles. The molecule has 0 unspecified atom stereocenters. The standard InChI is InChI=1S/C13H12N6O/c1-2-6-10-9(5-1)12(14-11-7-3-4-8-20-11)16-19-13(10)15-17-18-19/h1-2,5-6H,3-4,7-8H2. The molecular formula is C13H12N6O. The molecular weight excluding hydrogens is 256 g/mol. The van der Waals surface area contributed by atoms with Crippen molar-refractivity contribution >= 4 is 28.1 Å². The molecule has 100 valence electrons. The minimum absolute atomic E-state index is 0.595. The quantitative estimate of drug-likeness (QED) is 0.673. The Bertz CT molecular complexity index is 801. The number of tetrazole rings is 1. The van der Waals surface area contributed by atoms with E-state index in [0.29, 0.717) is 11.5 Å². The summed E-state index contributed by atoms with van der Waals surface area (Å²) in [5, 5.41) is 17.7. The third-order valence-electron chi connectivity index (χ3n) is 3.34. The third kappa shape index (κ3) is 1.78. The Morgan fingerprint density at radius 1 is 1.15 bits per heavy atom. The number of hydrogen-bond acceptors (Lipinski definition) is 6. The van der Waals surface area contributed by atoms with Crippen molar-refractivity contribution in [2.45, 2.75) is 19.3 Å². The van der Waals surface area contributed by atoms with Crippen LogP contribution in [0, 0.1) is 0 Å². The van der Waals surface area contributed by atoms with Crippen LogP contribution in [0.3, 0.4) is 0 Å². The van der Waals surface area contributed by atoms with Crippen molar-refractivity contribution in [2.24, 2.45) is 4.99 Å². The lowest BCUT2D eigenvalue weighted by atomic mass is 10.2. The van der Waals surface area contributed by atoms with E-state index >= 15 is 0 Å². The van der Waals surface area contributed by atoms with Crippen LogP contribution in [0.25, 0.3) is 16.4 Å². The molecule has 0 aliphatic carbocycles. The van der Waals surface area contributed by atoms with E-state index in [2.05, 4.69) is 25.6 Å². The molecule has 0 spiro atoms. The van der Waals surface area contributed by atoms with Crippen molar-refractivity contribution in [3.05, 3.63) is 24.3 Å². The Kier molecular flexibility index (Phi) is 2.55. The first-order chi connectivity index (χ1) is 9.92. The van der Waals surface area contributed by atoms with Crippen LogP contribution < -0.4 is 0 Å². The summed E-state index contributed by atoms with van der Waals surface area (Å²) in [4.78, 5) is 4.54. The summed E-state index contributed by atoms with van der Waals surface area (Å²) < 4.78 is 6.98. The van der Waals surface area contributed by atoms with Gasteiger partial charge >= 0.3 is 0 Å². The SMILES string of the molecule is c1ccc2c(c1)c(N=C1CCCCO1)nn1nnnc21. The third-order valence-corrected chi connectivity index (χ3v) is 3.34. The summed E-state index contributed by atoms with van der Waals surface area (Å²) in [5.74, 6) is 1.33. The molecule has 0 atom stereocenters. The van der Waals surface area contributed by atoms with E-state index in [1.165, 1.54) is 4.63 Å². The van der Waals surface area contributed by atoms with Gasteiger partial charge in [0, 0.05) is 17.2 Å². The number of aromatic nitrogens is 5. The Balaban J connectivity index is 1.96. The smallest absolute Gasteiger partial charge is 0.207 e. The van der Waals surface area contributed by atoms with Crippen LogP contribution >= 0.6 is 0 Å². The van der Waals surface area contributed by atoms with Crippen LogP contribution in [0.5, 0.6) is 0 Å². The van der Waals surface area contributed by atoms with Gasteiger partial charge in [0.05, 0.1) is 6.61 Å². The van der Waals surface area contributed by atoms with Crippen LogP contribution in [0.1, 0.15) is 19.3 Å². The number of benzene rings is 1. The van der Waals surface area contributed by atoms with Crippen molar-refractivity contribution in [1.29, 1.82) is 0 Å². The fraction of sp³-hybridized carbons (Fsp3) is 0.308. The van der Waals surface area contributed by atoms with Crippen LogP contribution in [-0.2, 0) is 4.74 Å². The minimum Gasteiger partial charge on any atom is -0.481 e. The molecule has 0 amide bonds. The van der Waals surface area contributed by atoms with Crippen LogP contribution in [-0.4, -0.2) is 37.8 Å². The predicted octanol–water partition coefficient (Wildman–Crippen LogP) is 1.90. The van der Waals surface area contributed by atoms with Gasteiger partial charge in [-0.15, -0.1) is 14.8 Å². The van der Waals surface area contributed by atoms with Gasteiger partial charge in [-0.1, -0.05) is 24.3 Å². The zero-order chi connectivity index (χ0) is 13.4. The van der Waals surface area contributed by atoms with Crippen molar-refractivity contribution in [3.8, 4) is 0 Å². The molecule has 7 nitrogen and oxygen atoms in total. The molecule has 1 fully saturated rings. The number of aliphatic imine (C=N–C) groups is 1. The lowest BCUT2D eigenvalue weighted by Gasteiger charge is -2.14. The second kappa shape index (κ2) is 4.52. The van der Waals surface area contributed by atoms with Gasteiger partial charge in [0.25, 0.3) is 0 Å². The molecule has 3 heterocycles. The van der Waals surface area contributed by atoms with E-state index in [4.69, 9.17) is 4.74 Å². The minimum atomic E-state index is 0.595. The highest BCUT2D eigenvalue weighted by Gasteiger charge is 2.13. The largest absolute Gasteiger partial charge is 0.481 e. The molecule has 20 heavy (non-hydrogen) atoms. The highest BCUT2D eigenvalue weighted by atomic mass is 16.5. The van der Waals surface area contributed by atoms with Gasteiger partial charge in [0.1, 0.15) is 0 Å². The molecule has 1 aromatic carbocycles. The van der Waals surface area contributed by atoms with Crippen molar-refractivity contribution < 1.29 is 4.74 Å². The molecule has 1 saturated heterocycles. The van der Waals surface area contributed by atoms with E-state index in [0.717, 1.165) is 42.5 Å². The molecule has 1 aliphatic rings. The van der Waals surface area contributed by atoms with Gasteiger partial charge in [-0.25, -0.2) is 0 Å². The maximum atomic E-state index is 5.57.